The molecule has 3 aromatic carbocycles. The number of hydrogen-bond acceptors (Lipinski definition) is 4. The van der Waals surface area contributed by atoms with Crippen molar-refractivity contribution in [2.45, 2.75) is 54.7 Å². The maximum absolute atomic E-state index is 12.7. The van der Waals surface area contributed by atoms with Gasteiger partial charge in [0.2, 0.25) is 0 Å². The summed E-state index contributed by atoms with van der Waals surface area (Å²) in [5.74, 6) is -0.0501. The van der Waals surface area contributed by atoms with E-state index < -0.39 is 36.2 Å². The Hall–Kier alpha value is -1.61. The van der Waals surface area contributed by atoms with Crippen LogP contribution >= 0.6 is 15.9 Å². The minimum Gasteiger partial charge on any atom is -0.406 e. The number of aryl methyl sites for hydroxylation is 1. The van der Waals surface area contributed by atoms with Gasteiger partial charge in [-0.3, -0.25) is 4.21 Å². The van der Waals surface area contributed by atoms with E-state index in [0.29, 0.717) is 4.90 Å². The van der Waals surface area contributed by atoms with Gasteiger partial charge in [0.05, 0.1) is 33.6 Å². The van der Waals surface area contributed by atoms with Gasteiger partial charge in [-0.2, -0.15) is 0 Å². The molecule has 0 aliphatic rings. The number of alkyl halides is 1. The summed E-state index contributed by atoms with van der Waals surface area (Å²) in [5.41, 5.74) is 1.08. The van der Waals surface area contributed by atoms with Crippen molar-refractivity contribution in [3.8, 4) is 0 Å². The average Bonchev–Trinajstić information content (AvgIpc) is 2.84. The van der Waals surface area contributed by atoms with Crippen molar-refractivity contribution in [3.63, 3.8) is 0 Å². The summed E-state index contributed by atoms with van der Waals surface area (Å²) in [6.07, 6.45) is -2.30. The second-order valence-corrected chi connectivity index (χ2v) is 16.9. The number of benzene rings is 3. The highest BCUT2D eigenvalue weighted by Crippen LogP contribution is 2.37. The summed E-state index contributed by atoms with van der Waals surface area (Å²) >= 11 is 3.55. The Morgan fingerprint density at radius 1 is 0.886 bits per heavy atom. The molecule has 4 atom stereocenters. The number of aliphatic hydroxyl groups is 2. The molecule has 0 heterocycles. The summed E-state index contributed by atoms with van der Waals surface area (Å²) in [6.45, 7) is 8.74. The molecule has 0 aromatic heterocycles. The van der Waals surface area contributed by atoms with Crippen molar-refractivity contribution in [2.24, 2.45) is 0 Å². The molecule has 7 heteroatoms. The first-order valence-corrected chi connectivity index (χ1v) is 15.9. The fourth-order valence-electron chi connectivity index (χ4n) is 4.35. The molecule has 1 unspecified atom stereocenters. The zero-order valence-corrected chi connectivity index (χ0v) is 24.1. The van der Waals surface area contributed by atoms with Gasteiger partial charge in [-0.15, -0.1) is 0 Å². The summed E-state index contributed by atoms with van der Waals surface area (Å²) < 4.78 is 19.6. The molecule has 0 fully saturated rings. The molecule has 0 bridgehead atoms. The molecule has 188 valence electrons. The van der Waals surface area contributed by atoms with E-state index in [-0.39, 0.29) is 17.4 Å². The second-order valence-electron chi connectivity index (χ2n) is 9.87. The van der Waals surface area contributed by atoms with E-state index >= 15 is 0 Å². The van der Waals surface area contributed by atoms with Crippen molar-refractivity contribution in [1.82, 2.24) is 0 Å². The second kappa shape index (κ2) is 12.1. The molecule has 35 heavy (non-hydrogen) atoms. The first kappa shape index (κ1) is 28.0. The topological polar surface area (TPSA) is 66.8 Å². The van der Waals surface area contributed by atoms with Crippen LogP contribution in [0.5, 0.6) is 0 Å². The highest BCUT2D eigenvalue weighted by atomic mass is 79.9. The van der Waals surface area contributed by atoms with Crippen LogP contribution in [-0.2, 0) is 15.2 Å². The van der Waals surface area contributed by atoms with Crippen LogP contribution in [0.4, 0.5) is 0 Å². The lowest BCUT2D eigenvalue weighted by Gasteiger charge is -2.43. The third-order valence-corrected chi connectivity index (χ3v) is 13.5. The first-order chi connectivity index (χ1) is 16.6. The zero-order chi connectivity index (χ0) is 25.6. The van der Waals surface area contributed by atoms with Crippen LogP contribution in [0.1, 0.15) is 26.3 Å². The molecule has 0 saturated carbocycles. The fourth-order valence-corrected chi connectivity index (χ4v) is 10.8. The van der Waals surface area contributed by atoms with E-state index in [9.17, 15) is 14.4 Å². The molecule has 0 amide bonds. The van der Waals surface area contributed by atoms with Gasteiger partial charge >= 0.3 is 0 Å². The zero-order valence-electron chi connectivity index (χ0n) is 20.7. The molecule has 0 aliphatic carbocycles. The Kier molecular flexibility index (Phi) is 9.65. The predicted molar refractivity (Wildman–Crippen MR) is 151 cm³/mol. The number of halogens is 1. The highest BCUT2D eigenvalue weighted by Gasteiger charge is 2.50. The Bertz CT molecular complexity index is 1050. The lowest BCUT2D eigenvalue weighted by Crippen LogP contribution is -2.67. The van der Waals surface area contributed by atoms with Crippen LogP contribution in [0.2, 0.25) is 5.04 Å². The Morgan fingerprint density at radius 2 is 1.37 bits per heavy atom. The fraction of sp³-hybridized carbons (Fsp3) is 0.357. The summed E-state index contributed by atoms with van der Waals surface area (Å²) in [5, 5.41) is 23.7. The minimum atomic E-state index is -2.77. The molecule has 0 saturated heterocycles. The van der Waals surface area contributed by atoms with Crippen molar-refractivity contribution in [1.29, 1.82) is 0 Å². The third-order valence-electron chi connectivity index (χ3n) is 6.25. The maximum atomic E-state index is 12.7. The number of aliphatic hydroxyl groups excluding tert-OH is 2. The van der Waals surface area contributed by atoms with Gasteiger partial charge in [0.1, 0.15) is 0 Å². The van der Waals surface area contributed by atoms with Crippen LogP contribution in [0.25, 0.3) is 0 Å². The molecular weight excluding hydrogens is 540 g/mol. The first-order valence-electron chi connectivity index (χ1n) is 11.8. The predicted octanol–water partition coefficient (Wildman–Crippen LogP) is 4.16. The van der Waals surface area contributed by atoms with E-state index in [1.165, 1.54) is 0 Å². The largest absolute Gasteiger partial charge is 0.406 e. The van der Waals surface area contributed by atoms with E-state index in [1.807, 2.05) is 55.5 Å². The van der Waals surface area contributed by atoms with Crippen molar-refractivity contribution >= 4 is 45.4 Å². The van der Waals surface area contributed by atoms with Gasteiger partial charge in [0.25, 0.3) is 8.32 Å². The molecule has 4 nitrogen and oxygen atoms in total. The van der Waals surface area contributed by atoms with E-state index in [1.54, 1.807) is 12.1 Å². The van der Waals surface area contributed by atoms with Crippen LogP contribution in [0.15, 0.2) is 89.8 Å². The molecular formula is C28H35BrO4SSi. The number of hydrogen-bond donors (Lipinski definition) is 2. The molecule has 3 rings (SSSR count). The third kappa shape index (κ3) is 6.59. The number of rotatable bonds is 10. The molecule has 3 aromatic rings. The van der Waals surface area contributed by atoms with E-state index in [0.717, 1.165) is 15.9 Å². The lowest BCUT2D eigenvalue weighted by atomic mass is 10.2. The van der Waals surface area contributed by atoms with Crippen molar-refractivity contribution in [2.75, 3.05) is 12.4 Å². The molecule has 2 N–H and O–H groups in total. The smallest absolute Gasteiger partial charge is 0.261 e. The highest BCUT2D eigenvalue weighted by molar-refractivity contribution is 9.09. The minimum absolute atomic E-state index is 0.0501. The monoisotopic (exact) mass is 574 g/mol. The lowest BCUT2D eigenvalue weighted by molar-refractivity contribution is 0.0256. The van der Waals surface area contributed by atoms with Crippen molar-refractivity contribution < 1.29 is 18.8 Å². The molecule has 0 spiro atoms. The van der Waals surface area contributed by atoms with Gasteiger partial charge in [-0.1, -0.05) is 115 Å². The Balaban J connectivity index is 1.80. The van der Waals surface area contributed by atoms with Gasteiger partial charge in [-0.05, 0) is 34.5 Å². The van der Waals surface area contributed by atoms with Crippen LogP contribution < -0.4 is 10.4 Å². The van der Waals surface area contributed by atoms with Crippen molar-refractivity contribution in [3.05, 3.63) is 90.5 Å². The summed E-state index contributed by atoms with van der Waals surface area (Å²) in [4.78, 5) is 0.103. The maximum Gasteiger partial charge on any atom is 0.261 e. The van der Waals surface area contributed by atoms with Gasteiger partial charge in [0.15, 0.2) is 0 Å². The van der Waals surface area contributed by atoms with Crippen LogP contribution in [0.3, 0.4) is 0 Å². The quantitative estimate of drug-likeness (QED) is 0.282. The van der Waals surface area contributed by atoms with Crippen LogP contribution in [0, 0.1) is 6.92 Å². The Morgan fingerprint density at radius 3 is 1.83 bits per heavy atom. The molecule has 0 aliphatic heterocycles. The van der Waals surface area contributed by atoms with Gasteiger partial charge in [0, 0.05) is 11.5 Å². The van der Waals surface area contributed by atoms with E-state index in [2.05, 4.69) is 61.0 Å². The summed E-state index contributed by atoms with van der Waals surface area (Å²) in [6, 6.07) is 27.9. The normalized spacial score (nSPS) is 15.9. The molecule has 0 radical (unpaired) electrons. The SMILES string of the molecule is Cc1ccc(S(=O)C[C@@H](O)[C@H](O)[C@H](Br)CO[Si](c2ccccc2)(c2ccccc2)C(C)(C)C)cc1. The van der Waals surface area contributed by atoms with Gasteiger partial charge in [-0.25, -0.2) is 0 Å². The standard InChI is InChI=1S/C28H35BrO4SSi/c1-21-15-17-22(18-16-21)34(32)20-26(30)27(31)25(29)19-33-35(28(2,3)4,23-11-7-5-8-12-23)24-13-9-6-10-14-24/h5-18,25-27,30-31H,19-20H2,1-4H3/t25-,26-,27-,34?/m1/s1. The van der Waals surface area contributed by atoms with Gasteiger partial charge < -0.3 is 14.6 Å². The summed E-state index contributed by atoms with van der Waals surface area (Å²) in [7, 11) is -4.18. The average molecular weight is 576 g/mol. The Labute approximate surface area is 221 Å². The van der Waals surface area contributed by atoms with Crippen LogP contribution in [-0.4, -0.2) is 52.1 Å². The van der Waals surface area contributed by atoms with E-state index in [4.69, 9.17) is 4.43 Å².